The minimum Gasteiger partial charge on any atom is -0.396 e. The van der Waals surface area contributed by atoms with Crippen molar-refractivity contribution in [1.82, 2.24) is 20.1 Å². The predicted molar refractivity (Wildman–Crippen MR) is 93.6 cm³/mol. The molecular formula is C18H26N4O2. The maximum absolute atomic E-state index is 12.5. The van der Waals surface area contributed by atoms with Gasteiger partial charge in [0.25, 0.3) is 5.91 Å². The summed E-state index contributed by atoms with van der Waals surface area (Å²) in [5, 5.41) is 16.5. The topological polar surface area (TPSA) is 80.0 Å². The van der Waals surface area contributed by atoms with Gasteiger partial charge in [0.1, 0.15) is 11.4 Å². The first-order valence-electron chi connectivity index (χ1n) is 8.54. The van der Waals surface area contributed by atoms with Gasteiger partial charge in [0.05, 0.1) is 5.69 Å². The van der Waals surface area contributed by atoms with Crippen LogP contribution in [0, 0.1) is 5.92 Å². The minimum atomic E-state index is -0.165. The monoisotopic (exact) mass is 330 g/mol. The molecule has 0 spiro atoms. The van der Waals surface area contributed by atoms with Gasteiger partial charge in [0.15, 0.2) is 0 Å². The van der Waals surface area contributed by atoms with E-state index in [1.807, 2.05) is 25.1 Å². The van der Waals surface area contributed by atoms with Crippen molar-refractivity contribution < 1.29 is 9.90 Å². The summed E-state index contributed by atoms with van der Waals surface area (Å²) in [6.45, 7) is 5.23. The standard InChI is InChI=1S/C18H26N4O2/c1-3-4-7-10-22-17(18(24)20-12-14(2)13-23)11-16(21-22)15-8-5-6-9-19-15/h5-6,8-9,11,14,23H,3-4,7,10,12-13H2,1-2H3,(H,20,24). The maximum atomic E-state index is 12.5. The first-order chi connectivity index (χ1) is 11.7. The van der Waals surface area contributed by atoms with E-state index < -0.39 is 0 Å². The van der Waals surface area contributed by atoms with Crippen LogP contribution in [0.15, 0.2) is 30.5 Å². The predicted octanol–water partition coefficient (Wildman–Crippen LogP) is 2.49. The Morgan fingerprint density at radius 2 is 2.17 bits per heavy atom. The summed E-state index contributed by atoms with van der Waals surface area (Å²) >= 11 is 0. The van der Waals surface area contributed by atoms with Gasteiger partial charge in [0, 0.05) is 25.9 Å². The van der Waals surface area contributed by atoms with Crippen molar-refractivity contribution in [3.8, 4) is 11.4 Å². The van der Waals surface area contributed by atoms with Crippen molar-refractivity contribution in [1.29, 1.82) is 0 Å². The highest BCUT2D eigenvalue weighted by Gasteiger charge is 2.17. The molecule has 2 N–H and O–H groups in total. The molecule has 2 aromatic heterocycles. The summed E-state index contributed by atoms with van der Waals surface area (Å²) in [6.07, 6.45) is 4.91. The van der Waals surface area contributed by atoms with E-state index in [-0.39, 0.29) is 18.4 Å². The molecule has 0 aliphatic carbocycles. The molecule has 0 aliphatic rings. The van der Waals surface area contributed by atoms with Crippen LogP contribution in [0.2, 0.25) is 0 Å². The van der Waals surface area contributed by atoms with Crippen molar-refractivity contribution in [2.24, 2.45) is 5.92 Å². The quantitative estimate of drug-likeness (QED) is 0.692. The van der Waals surface area contributed by atoms with Crippen LogP contribution < -0.4 is 5.32 Å². The van der Waals surface area contributed by atoms with Gasteiger partial charge in [-0.2, -0.15) is 5.10 Å². The fourth-order valence-electron chi connectivity index (χ4n) is 2.34. The van der Waals surface area contributed by atoms with Gasteiger partial charge in [-0.3, -0.25) is 14.5 Å². The zero-order valence-electron chi connectivity index (χ0n) is 14.4. The molecule has 0 radical (unpaired) electrons. The summed E-state index contributed by atoms with van der Waals surface area (Å²) in [7, 11) is 0. The third-order valence-electron chi connectivity index (χ3n) is 3.84. The van der Waals surface area contributed by atoms with E-state index in [1.54, 1.807) is 16.9 Å². The number of nitrogens with one attached hydrogen (secondary N) is 1. The number of hydrogen-bond acceptors (Lipinski definition) is 4. The number of nitrogens with zero attached hydrogens (tertiary/aromatic N) is 3. The van der Waals surface area contributed by atoms with Crippen molar-refractivity contribution in [2.75, 3.05) is 13.2 Å². The maximum Gasteiger partial charge on any atom is 0.269 e. The summed E-state index contributed by atoms with van der Waals surface area (Å²) in [6, 6.07) is 7.42. The molecule has 6 heteroatoms. The largest absolute Gasteiger partial charge is 0.396 e. The Labute approximate surface area is 142 Å². The molecule has 1 amide bonds. The fraction of sp³-hybridized carbons (Fsp3) is 0.500. The van der Waals surface area contributed by atoms with Gasteiger partial charge in [-0.15, -0.1) is 0 Å². The second-order valence-corrected chi connectivity index (χ2v) is 6.06. The van der Waals surface area contributed by atoms with Crippen LogP contribution in [0.25, 0.3) is 11.4 Å². The molecule has 0 fully saturated rings. The van der Waals surface area contributed by atoms with Crippen LogP contribution >= 0.6 is 0 Å². The van der Waals surface area contributed by atoms with E-state index >= 15 is 0 Å². The lowest BCUT2D eigenvalue weighted by molar-refractivity contribution is 0.0931. The molecule has 24 heavy (non-hydrogen) atoms. The highest BCUT2D eigenvalue weighted by molar-refractivity contribution is 5.93. The van der Waals surface area contributed by atoms with Crippen LogP contribution in [-0.4, -0.2) is 38.9 Å². The second kappa shape index (κ2) is 9.17. The van der Waals surface area contributed by atoms with Gasteiger partial charge in [-0.25, -0.2) is 0 Å². The highest BCUT2D eigenvalue weighted by Crippen LogP contribution is 2.17. The highest BCUT2D eigenvalue weighted by atomic mass is 16.3. The van der Waals surface area contributed by atoms with Crippen LogP contribution in [0.4, 0.5) is 0 Å². The molecule has 6 nitrogen and oxygen atoms in total. The van der Waals surface area contributed by atoms with Crippen molar-refractivity contribution in [2.45, 2.75) is 39.7 Å². The molecule has 0 aromatic carbocycles. The molecule has 1 unspecified atom stereocenters. The SMILES string of the molecule is CCCCCn1nc(-c2ccccn2)cc1C(=O)NCC(C)CO. The van der Waals surface area contributed by atoms with Crippen molar-refractivity contribution in [3.05, 3.63) is 36.2 Å². The van der Waals surface area contributed by atoms with Gasteiger partial charge in [-0.05, 0) is 30.5 Å². The average molecular weight is 330 g/mol. The van der Waals surface area contributed by atoms with E-state index in [1.165, 1.54) is 0 Å². The van der Waals surface area contributed by atoms with E-state index in [0.717, 1.165) is 25.0 Å². The van der Waals surface area contributed by atoms with E-state index in [9.17, 15) is 4.79 Å². The number of aliphatic hydroxyl groups excluding tert-OH is 1. The second-order valence-electron chi connectivity index (χ2n) is 6.06. The molecular weight excluding hydrogens is 304 g/mol. The Morgan fingerprint density at radius 1 is 1.33 bits per heavy atom. The molecule has 1 atom stereocenters. The smallest absolute Gasteiger partial charge is 0.269 e. The molecule has 2 heterocycles. The zero-order chi connectivity index (χ0) is 17.4. The first-order valence-corrected chi connectivity index (χ1v) is 8.54. The molecule has 2 aromatic rings. The average Bonchev–Trinajstić information content (AvgIpc) is 3.04. The lowest BCUT2D eigenvalue weighted by Crippen LogP contribution is -2.31. The summed E-state index contributed by atoms with van der Waals surface area (Å²) in [5.41, 5.74) is 1.99. The molecule has 130 valence electrons. The summed E-state index contributed by atoms with van der Waals surface area (Å²) in [5.74, 6) is -0.137. The fourth-order valence-corrected chi connectivity index (χ4v) is 2.34. The van der Waals surface area contributed by atoms with Crippen LogP contribution in [0.5, 0.6) is 0 Å². The normalized spacial score (nSPS) is 12.1. The Kier molecular flexibility index (Phi) is 6.93. The van der Waals surface area contributed by atoms with Crippen molar-refractivity contribution in [3.63, 3.8) is 0 Å². The molecule has 0 bridgehead atoms. The number of hydrogen-bond donors (Lipinski definition) is 2. The number of carbonyl (C=O) groups excluding carboxylic acids is 1. The number of aromatic nitrogens is 3. The van der Waals surface area contributed by atoms with Crippen molar-refractivity contribution >= 4 is 5.91 Å². The number of aliphatic hydroxyl groups is 1. The Morgan fingerprint density at radius 3 is 2.83 bits per heavy atom. The van der Waals surface area contributed by atoms with E-state index in [4.69, 9.17) is 5.11 Å². The first kappa shape index (κ1) is 18.1. The number of carbonyl (C=O) groups is 1. The zero-order valence-corrected chi connectivity index (χ0v) is 14.4. The molecule has 0 saturated carbocycles. The lowest BCUT2D eigenvalue weighted by Gasteiger charge is -2.11. The van der Waals surface area contributed by atoms with Crippen LogP contribution in [0.3, 0.4) is 0 Å². The minimum absolute atomic E-state index is 0.0284. The Balaban J connectivity index is 2.19. The third-order valence-corrected chi connectivity index (χ3v) is 3.84. The number of amides is 1. The summed E-state index contributed by atoms with van der Waals surface area (Å²) < 4.78 is 1.76. The number of pyridine rings is 1. The van der Waals surface area contributed by atoms with Gasteiger partial charge in [-0.1, -0.05) is 32.8 Å². The van der Waals surface area contributed by atoms with Crippen LogP contribution in [0.1, 0.15) is 43.6 Å². The Bertz CT molecular complexity index is 640. The van der Waals surface area contributed by atoms with E-state index in [0.29, 0.717) is 24.5 Å². The number of unbranched alkanes of at least 4 members (excludes halogenated alkanes) is 2. The Hall–Kier alpha value is -2.21. The molecule has 0 saturated heterocycles. The molecule has 0 aliphatic heterocycles. The third kappa shape index (κ3) is 4.89. The number of rotatable bonds is 9. The van der Waals surface area contributed by atoms with Gasteiger partial charge in [0.2, 0.25) is 0 Å². The number of aryl methyl sites for hydroxylation is 1. The van der Waals surface area contributed by atoms with Gasteiger partial charge < -0.3 is 10.4 Å². The van der Waals surface area contributed by atoms with E-state index in [2.05, 4.69) is 22.3 Å². The molecule has 2 rings (SSSR count). The van der Waals surface area contributed by atoms with Gasteiger partial charge >= 0.3 is 0 Å². The summed E-state index contributed by atoms with van der Waals surface area (Å²) in [4.78, 5) is 16.8. The van der Waals surface area contributed by atoms with Crippen LogP contribution in [-0.2, 0) is 6.54 Å². The lowest BCUT2D eigenvalue weighted by atomic mass is 10.2.